The number of aromatic nitrogens is 1. The molecule has 0 amide bonds. The van der Waals surface area contributed by atoms with Gasteiger partial charge in [0.25, 0.3) is 0 Å². The molecule has 7 heteroatoms. The van der Waals surface area contributed by atoms with Crippen molar-refractivity contribution in [2.24, 2.45) is 4.99 Å². The lowest BCUT2D eigenvalue weighted by Crippen LogP contribution is -2.52. The first-order chi connectivity index (χ1) is 14.7. The van der Waals surface area contributed by atoms with Crippen LogP contribution in [0.5, 0.6) is 0 Å². The summed E-state index contributed by atoms with van der Waals surface area (Å²) in [5.41, 5.74) is 1.02. The van der Waals surface area contributed by atoms with Crippen molar-refractivity contribution < 1.29 is 9.26 Å². The Morgan fingerprint density at radius 3 is 2.67 bits per heavy atom. The molecule has 1 aromatic rings. The van der Waals surface area contributed by atoms with Crippen LogP contribution in [0.25, 0.3) is 0 Å². The second-order valence-electron chi connectivity index (χ2n) is 8.62. The fourth-order valence-corrected chi connectivity index (χ4v) is 4.32. The summed E-state index contributed by atoms with van der Waals surface area (Å²) in [7, 11) is 0. The SMILES string of the molecule is CCNC(=NCCCCCOC1CCCCC1)N1CCN(Cc2cc(C)on2)CC1. The maximum absolute atomic E-state index is 6.03. The number of aryl methyl sites for hydroxylation is 1. The van der Waals surface area contributed by atoms with Gasteiger partial charge in [-0.3, -0.25) is 9.89 Å². The standard InChI is InChI=1S/C23H41N5O2/c1-3-24-23(25-12-8-5-9-17-29-22-10-6-4-7-11-22)28-15-13-27(14-16-28)19-21-18-20(2)30-26-21/h18,22H,3-17,19H2,1-2H3,(H,24,25). The molecule has 2 heterocycles. The Bertz CT molecular complexity index is 619. The lowest BCUT2D eigenvalue weighted by molar-refractivity contribution is 0.0264. The van der Waals surface area contributed by atoms with E-state index in [0.29, 0.717) is 6.10 Å². The molecule has 7 nitrogen and oxygen atoms in total. The second-order valence-corrected chi connectivity index (χ2v) is 8.62. The van der Waals surface area contributed by atoms with Crippen LogP contribution in [0.15, 0.2) is 15.6 Å². The number of hydrogen-bond donors (Lipinski definition) is 1. The van der Waals surface area contributed by atoms with Crippen molar-refractivity contribution in [3.63, 3.8) is 0 Å². The summed E-state index contributed by atoms with van der Waals surface area (Å²) in [6, 6.07) is 2.03. The van der Waals surface area contributed by atoms with Crippen LogP contribution in [-0.2, 0) is 11.3 Å². The number of unbranched alkanes of at least 4 members (excludes halogenated alkanes) is 2. The van der Waals surface area contributed by atoms with Gasteiger partial charge in [0.1, 0.15) is 5.76 Å². The van der Waals surface area contributed by atoms with E-state index < -0.39 is 0 Å². The van der Waals surface area contributed by atoms with Crippen molar-refractivity contribution in [3.05, 3.63) is 17.5 Å². The van der Waals surface area contributed by atoms with Gasteiger partial charge in [0.2, 0.25) is 0 Å². The summed E-state index contributed by atoms with van der Waals surface area (Å²) < 4.78 is 11.2. The summed E-state index contributed by atoms with van der Waals surface area (Å²) in [6.45, 7) is 11.7. The zero-order valence-corrected chi connectivity index (χ0v) is 19.1. The molecule has 0 radical (unpaired) electrons. The van der Waals surface area contributed by atoms with E-state index in [1.54, 1.807) is 0 Å². The Morgan fingerprint density at radius 2 is 1.97 bits per heavy atom. The largest absolute Gasteiger partial charge is 0.378 e. The van der Waals surface area contributed by atoms with Crippen molar-refractivity contribution in [1.29, 1.82) is 0 Å². The molecule has 1 aromatic heterocycles. The van der Waals surface area contributed by atoms with Gasteiger partial charge in [0, 0.05) is 58.5 Å². The third-order valence-electron chi connectivity index (χ3n) is 6.04. The molecule has 2 aliphatic rings. The number of rotatable bonds is 10. The van der Waals surface area contributed by atoms with Crippen molar-refractivity contribution in [3.8, 4) is 0 Å². The minimum Gasteiger partial charge on any atom is -0.378 e. The molecule has 30 heavy (non-hydrogen) atoms. The van der Waals surface area contributed by atoms with Gasteiger partial charge in [0.05, 0.1) is 11.8 Å². The first kappa shape index (κ1) is 23.1. The lowest BCUT2D eigenvalue weighted by Gasteiger charge is -2.36. The fraction of sp³-hybridized carbons (Fsp3) is 0.826. The summed E-state index contributed by atoms with van der Waals surface area (Å²) >= 11 is 0. The van der Waals surface area contributed by atoms with Crippen LogP contribution in [0.3, 0.4) is 0 Å². The van der Waals surface area contributed by atoms with Gasteiger partial charge in [-0.1, -0.05) is 24.4 Å². The van der Waals surface area contributed by atoms with Crippen LogP contribution in [0.1, 0.15) is 69.7 Å². The number of nitrogens with zero attached hydrogens (tertiary/aromatic N) is 4. The van der Waals surface area contributed by atoms with E-state index in [2.05, 4.69) is 27.2 Å². The Kier molecular flexibility index (Phi) is 9.96. The Labute approximate surface area is 182 Å². The topological polar surface area (TPSA) is 66.1 Å². The van der Waals surface area contributed by atoms with Crippen LogP contribution >= 0.6 is 0 Å². The van der Waals surface area contributed by atoms with E-state index in [-0.39, 0.29) is 0 Å². The second kappa shape index (κ2) is 13.0. The van der Waals surface area contributed by atoms with Crippen LogP contribution in [0.2, 0.25) is 0 Å². The fourth-order valence-electron chi connectivity index (χ4n) is 4.32. The van der Waals surface area contributed by atoms with E-state index in [4.69, 9.17) is 14.3 Å². The van der Waals surface area contributed by atoms with Gasteiger partial charge in [-0.05, 0) is 46.0 Å². The summed E-state index contributed by atoms with van der Waals surface area (Å²) in [6.07, 6.45) is 10.6. The Morgan fingerprint density at radius 1 is 1.17 bits per heavy atom. The number of ether oxygens (including phenoxy) is 1. The zero-order valence-electron chi connectivity index (χ0n) is 19.1. The molecule has 0 bridgehead atoms. The highest BCUT2D eigenvalue weighted by Crippen LogP contribution is 2.20. The molecule has 0 unspecified atom stereocenters. The number of aliphatic imine (C=N–C) groups is 1. The highest BCUT2D eigenvalue weighted by atomic mass is 16.5. The predicted molar refractivity (Wildman–Crippen MR) is 121 cm³/mol. The van der Waals surface area contributed by atoms with Gasteiger partial charge in [-0.15, -0.1) is 0 Å². The summed E-state index contributed by atoms with van der Waals surface area (Å²) in [4.78, 5) is 9.71. The van der Waals surface area contributed by atoms with E-state index in [0.717, 1.165) is 82.7 Å². The van der Waals surface area contributed by atoms with E-state index in [9.17, 15) is 0 Å². The highest BCUT2D eigenvalue weighted by Gasteiger charge is 2.20. The van der Waals surface area contributed by atoms with Gasteiger partial charge < -0.3 is 19.5 Å². The summed E-state index contributed by atoms with van der Waals surface area (Å²) in [5.74, 6) is 1.94. The van der Waals surface area contributed by atoms with Crippen molar-refractivity contribution in [2.45, 2.75) is 77.9 Å². The first-order valence-corrected chi connectivity index (χ1v) is 12.0. The molecule has 170 valence electrons. The normalized spacial score (nSPS) is 19.4. The number of guanidine groups is 1. The highest BCUT2D eigenvalue weighted by molar-refractivity contribution is 5.80. The molecule has 2 fully saturated rings. The van der Waals surface area contributed by atoms with Gasteiger partial charge in [-0.2, -0.15) is 0 Å². The minimum atomic E-state index is 0.532. The minimum absolute atomic E-state index is 0.532. The van der Waals surface area contributed by atoms with E-state index in [1.807, 2.05) is 13.0 Å². The molecule has 1 N–H and O–H groups in total. The number of piperazine rings is 1. The van der Waals surface area contributed by atoms with E-state index >= 15 is 0 Å². The number of nitrogens with one attached hydrogen (secondary N) is 1. The molecular weight excluding hydrogens is 378 g/mol. The molecule has 0 spiro atoms. The average molecular weight is 420 g/mol. The van der Waals surface area contributed by atoms with Crippen molar-refractivity contribution in [1.82, 2.24) is 20.3 Å². The van der Waals surface area contributed by atoms with Gasteiger partial charge in [-0.25, -0.2) is 0 Å². The van der Waals surface area contributed by atoms with Crippen molar-refractivity contribution in [2.75, 3.05) is 45.9 Å². The number of hydrogen-bond acceptors (Lipinski definition) is 5. The molecule has 1 aliphatic carbocycles. The first-order valence-electron chi connectivity index (χ1n) is 12.0. The summed E-state index contributed by atoms with van der Waals surface area (Å²) in [5, 5.41) is 7.59. The van der Waals surface area contributed by atoms with Crippen molar-refractivity contribution >= 4 is 5.96 Å². The van der Waals surface area contributed by atoms with Crippen LogP contribution < -0.4 is 5.32 Å². The maximum atomic E-state index is 6.03. The zero-order chi connectivity index (χ0) is 21.0. The van der Waals surface area contributed by atoms with Crippen LogP contribution in [0, 0.1) is 6.92 Å². The molecule has 3 rings (SSSR count). The molecular formula is C23H41N5O2. The average Bonchev–Trinajstić information content (AvgIpc) is 3.18. The predicted octanol–water partition coefficient (Wildman–Crippen LogP) is 3.59. The quantitative estimate of drug-likeness (QED) is 0.355. The molecule has 1 saturated carbocycles. The van der Waals surface area contributed by atoms with Crippen LogP contribution in [-0.4, -0.2) is 72.9 Å². The smallest absolute Gasteiger partial charge is 0.194 e. The van der Waals surface area contributed by atoms with Crippen LogP contribution in [0.4, 0.5) is 0 Å². The Hall–Kier alpha value is -1.60. The molecule has 0 aromatic carbocycles. The third-order valence-corrected chi connectivity index (χ3v) is 6.04. The Balaban J connectivity index is 1.31. The molecule has 1 saturated heterocycles. The van der Waals surface area contributed by atoms with Gasteiger partial charge >= 0.3 is 0 Å². The maximum Gasteiger partial charge on any atom is 0.194 e. The third kappa shape index (κ3) is 7.91. The van der Waals surface area contributed by atoms with E-state index in [1.165, 1.54) is 38.5 Å². The monoisotopic (exact) mass is 419 g/mol. The lowest BCUT2D eigenvalue weighted by atomic mass is 9.98. The molecule has 1 aliphatic heterocycles. The molecule has 0 atom stereocenters. The van der Waals surface area contributed by atoms with Gasteiger partial charge in [0.15, 0.2) is 5.96 Å².